The molecule has 0 radical (unpaired) electrons. The van der Waals surface area contributed by atoms with Gasteiger partial charge in [-0.05, 0) is 81.3 Å². The van der Waals surface area contributed by atoms with Crippen LogP contribution in [0.25, 0.3) is 5.57 Å². The summed E-state index contributed by atoms with van der Waals surface area (Å²) in [4.78, 5) is 0. The van der Waals surface area contributed by atoms with Crippen LogP contribution >= 0.6 is 11.6 Å². The number of benzene rings is 2. The minimum atomic E-state index is 0.510. The Kier molecular flexibility index (Phi) is 10.1. The number of aryl methyl sites for hydroxylation is 3. The summed E-state index contributed by atoms with van der Waals surface area (Å²) >= 11 is 5.75. The molecule has 0 aliphatic heterocycles. The molecule has 2 rings (SSSR count). The number of hydrazone groups is 1. The number of hydrogen-bond acceptors (Lipinski definition) is 2. The van der Waals surface area contributed by atoms with Crippen molar-refractivity contribution in [1.82, 2.24) is 5.43 Å². The van der Waals surface area contributed by atoms with Crippen molar-refractivity contribution < 1.29 is 0 Å². The van der Waals surface area contributed by atoms with Gasteiger partial charge in [0.25, 0.3) is 0 Å². The molecule has 0 spiro atoms. The Morgan fingerprint density at radius 2 is 1.71 bits per heavy atom. The molecular formula is C24H32ClN3. The Bertz CT molecular complexity index is 783. The van der Waals surface area contributed by atoms with Gasteiger partial charge in [0.15, 0.2) is 0 Å². The zero-order valence-corrected chi connectivity index (χ0v) is 18.2. The van der Waals surface area contributed by atoms with Crippen LogP contribution in [-0.2, 0) is 6.42 Å². The van der Waals surface area contributed by atoms with Gasteiger partial charge in [0.2, 0.25) is 0 Å². The Morgan fingerprint density at radius 3 is 2.25 bits per heavy atom. The predicted molar refractivity (Wildman–Crippen MR) is 125 cm³/mol. The monoisotopic (exact) mass is 397 g/mol. The predicted octanol–water partition coefficient (Wildman–Crippen LogP) is 6.39. The molecular weight excluding hydrogens is 366 g/mol. The molecule has 0 bridgehead atoms. The molecule has 0 heterocycles. The average molecular weight is 398 g/mol. The van der Waals surface area contributed by atoms with Gasteiger partial charge in [-0.2, -0.15) is 5.10 Å². The molecule has 0 saturated heterocycles. The van der Waals surface area contributed by atoms with Gasteiger partial charge in [-0.1, -0.05) is 60.7 Å². The van der Waals surface area contributed by atoms with Gasteiger partial charge >= 0.3 is 0 Å². The SMILES string of the molecule is C=C(CCCc1cccc(C(=C)C)c1)N/N=C(\C)N.Cc1cc(C)cc(Cl)c1. The summed E-state index contributed by atoms with van der Waals surface area (Å²) in [5.74, 6) is 0.510. The van der Waals surface area contributed by atoms with Crippen molar-refractivity contribution in [3.63, 3.8) is 0 Å². The van der Waals surface area contributed by atoms with Crippen LogP contribution in [0, 0.1) is 13.8 Å². The van der Waals surface area contributed by atoms with E-state index >= 15 is 0 Å². The van der Waals surface area contributed by atoms with Gasteiger partial charge in [0, 0.05) is 10.7 Å². The molecule has 3 N–H and O–H groups in total. The minimum absolute atomic E-state index is 0.510. The molecule has 0 aliphatic rings. The molecule has 0 saturated carbocycles. The van der Waals surface area contributed by atoms with Crippen molar-refractivity contribution in [3.8, 4) is 0 Å². The molecule has 0 unspecified atom stereocenters. The van der Waals surface area contributed by atoms with Crippen LogP contribution in [0.4, 0.5) is 0 Å². The highest BCUT2D eigenvalue weighted by atomic mass is 35.5. The molecule has 0 amide bonds. The quantitative estimate of drug-likeness (QED) is 0.323. The number of allylic oxidation sites excluding steroid dienone is 2. The van der Waals surface area contributed by atoms with E-state index in [1.165, 1.54) is 22.3 Å². The first-order valence-electron chi connectivity index (χ1n) is 9.39. The van der Waals surface area contributed by atoms with E-state index in [2.05, 4.69) is 54.0 Å². The van der Waals surface area contributed by atoms with Crippen LogP contribution in [0.15, 0.2) is 66.4 Å². The molecule has 0 fully saturated rings. The van der Waals surface area contributed by atoms with Gasteiger partial charge in [-0.3, -0.25) is 5.43 Å². The maximum absolute atomic E-state index is 5.75. The summed E-state index contributed by atoms with van der Waals surface area (Å²) in [6.45, 7) is 15.7. The maximum Gasteiger partial charge on any atom is 0.116 e. The summed E-state index contributed by atoms with van der Waals surface area (Å²) in [6.07, 6.45) is 2.94. The standard InChI is InChI=1S/C16H23N3.C8H9Cl/c1-12(2)16-10-6-9-15(11-16)8-5-7-13(3)18-19-14(4)17;1-6-3-7(2)5-8(9)4-6/h6,9-11,18H,1,3,5,7-8H2,2,4H3,(H2,17,19);3-5H,1-2H3. The largest absolute Gasteiger partial charge is 0.386 e. The Labute approximate surface area is 175 Å². The molecule has 0 atom stereocenters. The first kappa shape index (κ1) is 23.5. The molecule has 0 aromatic heterocycles. The lowest BCUT2D eigenvalue weighted by Gasteiger charge is -2.07. The molecule has 0 aliphatic carbocycles. The van der Waals surface area contributed by atoms with Crippen LogP contribution in [0.3, 0.4) is 0 Å². The Morgan fingerprint density at radius 1 is 1.07 bits per heavy atom. The normalized spacial score (nSPS) is 10.7. The zero-order valence-electron chi connectivity index (χ0n) is 17.5. The van der Waals surface area contributed by atoms with Crippen molar-refractivity contribution >= 4 is 23.0 Å². The van der Waals surface area contributed by atoms with E-state index < -0.39 is 0 Å². The Balaban J connectivity index is 0.000000362. The zero-order chi connectivity index (χ0) is 21.1. The maximum atomic E-state index is 5.75. The first-order chi connectivity index (χ1) is 13.2. The average Bonchev–Trinajstić information content (AvgIpc) is 2.59. The third-order valence-corrected chi connectivity index (χ3v) is 4.16. The first-order valence-corrected chi connectivity index (χ1v) is 9.77. The summed E-state index contributed by atoms with van der Waals surface area (Å²) in [7, 11) is 0. The van der Waals surface area contributed by atoms with Gasteiger partial charge in [-0.15, -0.1) is 0 Å². The molecule has 2 aromatic carbocycles. The van der Waals surface area contributed by atoms with Gasteiger partial charge < -0.3 is 5.73 Å². The number of nitrogens with two attached hydrogens (primary N) is 1. The highest BCUT2D eigenvalue weighted by Gasteiger charge is 1.98. The van der Waals surface area contributed by atoms with Crippen molar-refractivity contribution in [3.05, 3.63) is 88.6 Å². The van der Waals surface area contributed by atoms with E-state index in [-0.39, 0.29) is 0 Å². The lowest BCUT2D eigenvalue weighted by molar-refractivity contribution is 0.738. The number of nitrogens with one attached hydrogen (secondary N) is 1. The summed E-state index contributed by atoms with van der Waals surface area (Å²) in [5, 5.41) is 4.75. The minimum Gasteiger partial charge on any atom is -0.386 e. The van der Waals surface area contributed by atoms with Crippen LogP contribution in [0.5, 0.6) is 0 Å². The fourth-order valence-corrected chi connectivity index (χ4v) is 2.98. The molecule has 4 heteroatoms. The lowest BCUT2D eigenvalue weighted by Crippen LogP contribution is -2.13. The van der Waals surface area contributed by atoms with E-state index in [4.69, 9.17) is 17.3 Å². The van der Waals surface area contributed by atoms with Crippen LogP contribution in [0.2, 0.25) is 5.02 Å². The fraction of sp³-hybridized carbons (Fsp3) is 0.292. The number of halogens is 1. The van der Waals surface area contributed by atoms with Crippen molar-refractivity contribution in [2.75, 3.05) is 0 Å². The van der Waals surface area contributed by atoms with Crippen LogP contribution in [-0.4, -0.2) is 5.84 Å². The van der Waals surface area contributed by atoms with E-state index in [1.54, 1.807) is 6.92 Å². The fourth-order valence-electron chi connectivity index (χ4n) is 2.64. The van der Waals surface area contributed by atoms with E-state index in [0.717, 1.165) is 35.6 Å². The molecule has 150 valence electrons. The summed E-state index contributed by atoms with van der Waals surface area (Å²) < 4.78 is 0. The van der Waals surface area contributed by atoms with E-state index in [0.29, 0.717) is 5.84 Å². The highest BCUT2D eigenvalue weighted by Crippen LogP contribution is 2.15. The number of rotatable bonds is 7. The van der Waals surface area contributed by atoms with Crippen molar-refractivity contribution in [2.24, 2.45) is 10.8 Å². The van der Waals surface area contributed by atoms with Gasteiger partial charge in [0.05, 0.1) is 0 Å². The Hall–Kier alpha value is -2.52. The third-order valence-electron chi connectivity index (χ3n) is 3.94. The summed E-state index contributed by atoms with van der Waals surface area (Å²) in [6, 6.07) is 14.5. The van der Waals surface area contributed by atoms with Crippen LogP contribution in [0.1, 0.15) is 48.9 Å². The second kappa shape index (κ2) is 12.0. The molecule has 2 aromatic rings. The van der Waals surface area contributed by atoms with Crippen molar-refractivity contribution in [2.45, 2.75) is 47.0 Å². The topological polar surface area (TPSA) is 50.4 Å². The summed E-state index contributed by atoms with van der Waals surface area (Å²) in [5.41, 5.74) is 15.3. The van der Waals surface area contributed by atoms with Gasteiger partial charge in [-0.25, -0.2) is 0 Å². The molecule has 28 heavy (non-hydrogen) atoms. The van der Waals surface area contributed by atoms with Crippen LogP contribution < -0.4 is 11.2 Å². The third kappa shape index (κ3) is 9.98. The smallest absolute Gasteiger partial charge is 0.116 e. The number of hydrogen-bond donors (Lipinski definition) is 2. The lowest BCUT2D eigenvalue weighted by atomic mass is 10.0. The van der Waals surface area contributed by atoms with E-state index in [9.17, 15) is 0 Å². The van der Waals surface area contributed by atoms with Crippen molar-refractivity contribution in [1.29, 1.82) is 0 Å². The number of nitrogens with zero attached hydrogens (tertiary/aromatic N) is 1. The highest BCUT2D eigenvalue weighted by molar-refractivity contribution is 6.30. The second-order valence-electron chi connectivity index (χ2n) is 7.11. The van der Waals surface area contributed by atoms with Gasteiger partial charge in [0.1, 0.15) is 5.84 Å². The number of amidine groups is 1. The molecule has 3 nitrogen and oxygen atoms in total. The van der Waals surface area contributed by atoms with E-state index in [1.807, 2.05) is 32.9 Å². The second-order valence-corrected chi connectivity index (χ2v) is 7.55.